The molecule has 2 heterocycles. The van der Waals surface area contributed by atoms with Crippen molar-refractivity contribution in [2.24, 2.45) is 5.84 Å². The van der Waals surface area contributed by atoms with E-state index in [0.29, 0.717) is 37.7 Å². The fourth-order valence-corrected chi connectivity index (χ4v) is 1.81. The molecule has 1 saturated heterocycles. The Hall–Kier alpha value is -1.66. The average molecular weight is 236 g/mol. The van der Waals surface area contributed by atoms with Crippen LogP contribution in [0.1, 0.15) is 16.8 Å². The SMILES string of the molecule is NNc1ncccc1C(=O)N1CCCOCC1. The Morgan fingerprint density at radius 1 is 1.47 bits per heavy atom. The highest BCUT2D eigenvalue weighted by Crippen LogP contribution is 2.14. The van der Waals surface area contributed by atoms with E-state index < -0.39 is 0 Å². The van der Waals surface area contributed by atoms with Gasteiger partial charge in [0.05, 0.1) is 12.2 Å². The standard InChI is InChI=1S/C11H16N4O2/c12-14-10-9(3-1-4-13-10)11(16)15-5-2-7-17-8-6-15/h1,3-4H,2,5-8,12H2,(H,13,14). The van der Waals surface area contributed by atoms with Crippen molar-refractivity contribution in [1.29, 1.82) is 0 Å². The topological polar surface area (TPSA) is 80.5 Å². The molecule has 92 valence electrons. The Morgan fingerprint density at radius 3 is 3.18 bits per heavy atom. The zero-order valence-electron chi connectivity index (χ0n) is 9.56. The number of nitrogens with zero attached hydrogens (tertiary/aromatic N) is 2. The molecule has 0 spiro atoms. The molecule has 0 bridgehead atoms. The first-order valence-corrected chi connectivity index (χ1v) is 5.61. The van der Waals surface area contributed by atoms with Crippen LogP contribution in [0.5, 0.6) is 0 Å². The monoisotopic (exact) mass is 236 g/mol. The predicted octanol–water partition coefficient (Wildman–Crippen LogP) is 0.230. The molecule has 1 aliphatic rings. The minimum Gasteiger partial charge on any atom is -0.380 e. The molecule has 2 rings (SSSR count). The summed E-state index contributed by atoms with van der Waals surface area (Å²) in [6, 6.07) is 3.44. The Labute approximate surface area is 99.7 Å². The van der Waals surface area contributed by atoms with Gasteiger partial charge in [0.15, 0.2) is 5.82 Å². The summed E-state index contributed by atoms with van der Waals surface area (Å²) < 4.78 is 5.32. The van der Waals surface area contributed by atoms with Crippen LogP contribution in [-0.2, 0) is 4.74 Å². The van der Waals surface area contributed by atoms with Crippen LogP contribution in [0, 0.1) is 0 Å². The smallest absolute Gasteiger partial charge is 0.257 e. The lowest BCUT2D eigenvalue weighted by atomic mass is 10.2. The summed E-state index contributed by atoms with van der Waals surface area (Å²) in [6.07, 6.45) is 2.45. The van der Waals surface area contributed by atoms with E-state index in [1.165, 1.54) is 0 Å². The fourth-order valence-electron chi connectivity index (χ4n) is 1.81. The lowest BCUT2D eigenvalue weighted by Crippen LogP contribution is -2.34. The molecular weight excluding hydrogens is 220 g/mol. The van der Waals surface area contributed by atoms with Gasteiger partial charge in [-0.2, -0.15) is 0 Å². The van der Waals surface area contributed by atoms with Crippen LogP contribution in [-0.4, -0.2) is 42.1 Å². The number of hydrazine groups is 1. The van der Waals surface area contributed by atoms with E-state index in [1.807, 2.05) is 0 Å². The van der Waals surface area contributed by atoms with Gasteiger partial charge in [0.2, 0.25) is 0 Å². The highest BCUT2D eigenvalue weighted by molar-refractivity contribution is 5.98. The van der Waals surface area contributed by atoms with Gasteiger partial charge in [-0.25, -0.2) is 10.8 Å². The summed E-state index contributed by atoms with van der Waals surface area (Å²) >= 11 is 0. The zero-order chi connectivity index (χ0) is 12.1. The van der Waals surface area contributed by atoms with Crippen LogP contribution >= 0.6 is 0 Å². The molecular formula is C11H16N4O2. The largest absolute Gasteiger partial charge is 0.380 e. The number of nitrogens with one attached hydrogen (secondary N) is 1. The number of carbonyl (C=O) groups excluding carboxylic acids is 1. The van der Waals surface area contributed by atoms with Gasteiger partial charge in [-0.1, -0.05) is 0 Å². The maximum atomic E-state index is 12.3. The Morgan fingerprint density at radius 2 is 2.35 bits per heavy atom. The van der Waals surface area contributed by atoms with Crippen molar-refractivity contribution in [2.75, 3.05) is 31.7 Å². The van der Waals surface area contributed by atoms with Gasteiger partial charge in [-0.05, 0) is 18.6 Å². The molecule has 6 heteroatoms. The molecule has 0 saturated carbocycles. The molecule has 17 heavy (non-hydrogen) atoms. The van der Waals surface area contributed by atoms with Crippen molar-refractivity contribution in [3.63, 3.8) is 0 Å². The molecule has 0 atom stereocenters. The van der Waals surface area contributed by atoms with E-state index in [0.717, 1.165) is 6.42 Å². The Kier molecular flexibility index (Phi) is 3.89. The fraction of sp³-hybridized carbons (Fsp3) is 0.455. The molecule has 1 aliphatic heterocycles. The Balaban J connectivity index is 2.17. The number of pyridine rings is 1. The second kappa shape index (κ2) is 5.60. The van der Waals surface area contributed by atoms with Crippen molar-refractivity contribution in [1.82, 2.24) is 9.88 Å². The van der Waals surface area contributed by atoms with Gasteiger partial charge in [-0.15, -0.1) is 0 Å². The van der Waals surface area contributed by atoms with E-state index >= 15 is 0 Å². The molecule has 3 N–H and O–H groups in total. The third-order valence-corrected chi connectivity index (χ3v) is 2.68. The van der Waals surface area contributed by atoms with Crippen LogP contribution in [0.15, 0.2) is 18.3 Å². The lowest BCUT2D eigenvalue weighted by molar-refractivity contribution is 0.0742. The van der Waals surface area contributed by atoms with E-state index in [9.17, 15) is 4.79 Å². The first-order chi connectivity index (χ1) is 8.33. The number of aromatic nitrogens is 1. The van der Waals surface area contributed by atoms with Gasteiger partial charge in [0.25, 0.3) is 5.91 Å². The molecule has 0 aromatic carbocycles. The first-order valence-electron chi connectivity index (χ1n) is 5.61. The maximum Gasteiger partial charge on any atom is 0.257 e. The van der Waals surface area contributed by atoms with E-state index in [2.05, 4.69) is 10.4 Å². The number of amides is 1. The van der Waals surface area contributed by atoms with Crippen LogP contribution in [0.2, 0.25) is 0 Å². The van der Waals surface area contributed by atoms with Crippen molar-refractivity contribution < 1.29 is 9.53 Å². The van der Waals surface area contributed by atoms with E-state index in [1.54, 1.807) is 23.2 Å². The van der Waals surface area contributed by atoms with Gasteiger partial charge >= 0.3 is 0 Å². The summed E-state index contributed by atoms with van der Waals surface area (Å²) in [5.41, 5.74) is 2.94. The number of nitrogen functional groups attached to an aromatic ring is 1. The lowest BCUT2D eigenvalue weighted by Gasteiger charge is -2.20. The molecule has 1 fully saturated rings. The quantitative estimate of drug-likeness (QED) is 0.567. The van der Waals surface area contributed by atoms with Crippen molar-refractivity contribution in [2.45, 2.75) is 6.42 Å². The summed E-state index contributed by atoms with van der Waals surface area (Å²) in [7, 11) is 0. The number of hydrogen-bond donors (Lipinski definition) is 2. The minimum absolute atomic E-state index is 0.0587. The average Bonchev–Trinajstić information content (AvgIpc) is 2.66. The van der Waals surface area contributed by atoms with Crippen LogP contribution in [0.3, 0.4) is 0 Å². The van der Waals surface area contributed by atoms with Crippen molar-refractivity contribution in [3.05, 3.63) is 23.9 Å². The molecule has 1 aromatic rings. The van der Waals surface area contributed by atoms with Crippen LogP contribution < -0.4 is 11.3 Å². The molecule has 0 unspecified atom stereocenters. The maximum absolute atomic E-state index is 12.3. The predicted molar refractivity (Wildman–Crippen MR) is 63.4 cm³/mol. The number of hydrogen-bond acceptors (Lipinski definition) is 5. The summed E-state index contributed by atoms with van der Waals surface area (Å²) in [5.74, 6) is 5.69. The summed E-state index contributed by atoms with van der Waals surface area (Å²) in [5, 5.41) is 0. The number of anilines is 1. The number of rotatable bonds is 2. The second-order valence-electron chi connectivity index (χ2n) is 3.80. The number of carbonyl (C=O) groups is 1. The van der Waals surface area contributed by atoms with Crippen LogP contribution in [0.4, 0.5) is 5.82 Å². The van der Waals surface area contributed by atoms with Gasteiger partial charge in [-0.3, -0.25) is 4.79 Å². The molecule has 1 amide bonds. The minimum atomic E-state index is -0.0587. The van der Waals surface area contributed by atoms with Gasteiger partial charge in [0, 0.05) is 25.9 Å². The van der Waals surface area contributed by atoms with Gasteiger partial charge < -0.3 is 15.1 Å². The van der Waals surface area contributed by atoms with Gasteiger partial charge in [0.1, 0.15) is 0 Å². The molecule has 0 radical (unpaired) electrons. The summed E-state index contributed by atoms with van der Waals surface area (Å²) in [6.45, 7) is 2.60. The van der Waals surface area contributed by atoms with E-state index in [-0.39, 0.29) is 5.91 Å². The number of ether oxygens (including phenoxy) is 1. The molecule has 0 aliphatic carbocycles. The zero-order valence-corrected chi connectivity index (χ0v) is 9.56. The third kappa shape index (κ3) is 2.72. The molecule has 6 nitrogen and oxygen atoms in total. The normalized spacial score (nSPS) is 16.4. The molecule has 1 aromatic heterocycles. The number of nitrogens with two attached hydrogens (primary N) is 1. The Bertz CT molecular complexity index is 389. The van der Waals surface area contributed by atoms with Crippen LogP contribution in [0.25, 0.3) is 0 Å². The van der Waals surface area contributed by atoms with Crippen molar-refractivity contribution >= 4 is 11.7 Å². The first kappa shape index (κ1) is 11.8. The second-order valence-corrected chi connectivity index (χ2v) is 3.80. The highest BCUT2D eigenvalue weighted by Gasteiger charge is 2.20. The highest BCUT2D eigenvalue weighted by atomic mass is 16.5. The van der Waals surface area contributed by atoms with Crippen molar-refractivity contribution in [3.8, 4) is 0 Å². The summed E-state index contributed by atoms with van der Waals surface area (Å²) in [4.78, 5) is 18.1. The van der Waals surface area contributed by atoms with E-state index in [4.69, 9.17) is 10.6 Å². The third-order valence-electron chi connectivity index (χ3n) is 2.68.